The summed E-state index contributed by atoms with van der Waals surface area (Å²) in [4.78, 5) is 16.3. The van der Waals surface area contributed by atoms with Gasteiger partial charge in [0.2, 0.25) is 5.89 Å². The monoisotopic (exact) mass is 363 g/mol. The lowest BCUT2D eigenvalue weighted by Crippen LogP contribution is -2.14. The number of rotatable bonds is 5. The molecule has 2 aromatic carbocycles. The molecule has 2 heterocycles. The van der Waals surface area contributed by atoms with Crippen molar-refractivity contribution in [1.29, 1.82) is 0 Å². The number of aromatic nitrogens is 3. The van der Waals surface area contributed by atoms with E-state index in [4.69, 9.17) is 4.42 Å². The first kappa shape index (κ1) is 16.6. The van der Waals surface area contributed by atoms with Crippen molar-refractivity contribution in [3.05, 3.63) is 65.9 Å². The molecule has 0 fully saturated rings. The molecule has 0 bridgehead atoms. The van der Waals surface area contributed by atoms with Gasteiger partial charge in [0.15, 0.2) is 5.78 Å². The average Bonchev–Trinajstić information content (AvgIpc) is 3.25. The van der Waals surface area contributed by atoms with Crippen LogP contribution in [0.15, 0.2) is 64.2 Å². The number of nitrogens with one attached hydrogen (secondary N) is 1. The second kappa shape index (κ2) is 6.80. The number of fused-ring (bicyclic) bond motifs is 1. The topological polar surface area (TPSA) is 71.8 Å². The van der Waals surface area contributed by atoms with E-state index in [-0.39, 0.29) is 11.0 Å². The molecule has 0 aliphatic rings. The average molecular weight is 363 g/mol. The third-order valence-corrected chi connectivity index (χ3v) is 5.15. The van der Waals surface area contributed by atoms with Crippen LogP contribution < -0.4 is 0 Å². The number of aromatic amines is 1. The predicted molar refractivity (Wildman–Crippen MR) is 102 cm³/mol. The maximum atomic E-state index is 13.0. The summed E-state index contributed by atoms with van der Waals surface area (Å²) in [6.45, 7) is 3.78. The van der Waals surface area contributed by atoms with E-state index in [9.17, 15) is 4.79 Å². The molecule has 1 N–H and O–H groups in total. The molecule has 4 aromatic rings. The number of para-hydroxylation sites is 1. The van der Waals surface area contributed by atoms with Gasteiger partial charge in [-0.2, -0.15) is 0 Å². The highest BCUT2D eigenvalue weighted by Crippen LogP contribution is 2.30. The summed E-state index contributed by atoms with van der Waals surface area (Å²) in [5.41, 5.74) is 3.43. The van der Waals surface area contributed by atoms with Gasteiger partial charge in [0.05, 0.1) is 5.25 Å². The fraction of sp³-hybridized carbons (Fsp3) is 0.150. The Kier molecular flexibility index (Phi) is 4.34. The van der Waals surface area contributed by atoms with Crippen LogP contribution in [-0.2, 0) is 0 Å². The molecule has 6 heteroatoms. The van der Waals surface area contributed by atoms with Crippen molar-refractivity contribution in [3.63, 3.8) is 0 Å². The Balaban J connectivity index is 1.56. The lowest BCUT2D eigenvalue weighted by atomic mass is 10.1. The molecule has 130 valence electrons. The zero-order chi connectivity index (χ0) is 18.1. The number of benzene rings is 2. The molecule has 1 atom stereocenters. The fourth-order valence-corrected chi connectivity index (χ4v) is 3.70. The van der Waals surface area contributed by atoms with Crippen LogP contribution in [0, 0.1) is 6.92 Å². The molecule has 0 aliphatic heterocycles. The Morgan fingerprint density at radius 1 is 1.08 bits per heavy atom. The maximum Gasteiger partial charge on any atom is 0.277 e. The van der Waals surface area contributed by atoms with Crippen molar-refractivity contribution in [2.24, 2.45) is 0 Å². The number of hydrogen-bond acceptors (Lipinski definition) is 5. The quantitative estimate of drug-likeness (QED) is 0.404. The molecule has 5 nitrogen and oxygen atoms in total. The number of carbonyl (C=O) groups is 1. The van der Waals surface area contributed by atoms with Crippen molar-refractivity contribution in [3.8, 4) is 11.5 Å². The number of carbonyl (C=O) groups excluding carboxylic acids is 1. The minimum atomic E-state index is -0.336. The van der Waals surface area contributed by atoms with Gasteiger partial charge >= 0.3 is 0 Å². The van der Waals surface area contributed by atoms with Gasteiger partial charge in [0, 0.05) is 27.7 Å². The highest BCUT2D eigenvalue weighted by atomic mass is 32.2. The van der Waals surface area contributed by atoms with Crippen LogP contribution in [0.3, 0.4) is 0 Å². The van der Waals surface area contributed by atoms with E-state index in [0.29, 0.717) is 11.1 Å². The molecular formula is C20H17N3O2S. The molecule has 0 radical (unpaired) electrons. The molecule has 0 aliphatic carbocycles. The zero-order valence-electron chi connectivity index (χ0n) is 14.4. The van der Waals surface area contributed by atoms with Crippen molar-refractivity contribution in [2.45, 2.75) is 24.3 Å². The second-order valence-electron chi connectivity index (χ2n) is 6.03. The van der Waals surface area contributed by atoms with E-state index >= 15 is 0 Å². The number of nitrogens with zero attached hydrogens (tertiary/aromatic N) is 2. The lowest BCUT2D eigenvalue weighted by Gasteiger charge is -2.07. The normalized spacial score (nSPS) is 12.4. The van der Waals surface area contributed by atoms with E-state index < -0.39 is 0 Å². The van der Waals surface area contributed by atoms with E-state index in [2.05, 4.69) is 15.2 Å². The van der Waals surface area contributed by atoms with E-state index in [0.717, 1.165) is 27.7 Å². The first-order valence-corrected chi connectivity index (χ1v) is 9.18. The molecular weight excluding hydrogens is 346 g/mol. The summed E-state index contributed by atoms with van der Waals surface area (Å²) in [5.74, 6) is 0.500. The van der Waals surface area contributed by atoms with Crippen LogP contribution in [0.4, 0.5) is 0 Å². The number of thioether (sulfide) groups is 1. The number of ketones is 1. The molecule has 0 saturated carbocycles. The van der Waals surface area contributed by atoms with Gasteiger partial charge < -0.3 is 9.40 Å². The van der Waals surface area contributed by atoms with Crippen LogP contribution in [0.5, 0.6) is 0 Å². The highest BCUT2D eigenvalue weighted by Gasteiger charge is 2.24. The van der Waals surface area contributed by atoms with Gasteiger partial charge in [-0.15, -0.1) is 10.2 Å². The maximum absolute atomic E-state index is 13.0. The minimum absolute atomic E-state index is 0.0458. The summed E-state index contributed by atoms with van der Waals surface area (Å²) in [6.07, 6.45) is 0. The first-order valence-electron chi connectivity index (χ1n) is 8.30. The van der Waals surface area contributed by atoms with Crippen molar-refractivity contribution >= 4 is 28.4 Å². The summed E-state index contributed by atoms with van der Waals surface area (Å²) in [7, 11) is 0. The van der Waals surface area contributed by atoms with E-state index in [1.165, 1.54) is 11.8 Å². The summed E-state index contributed by atoms with van der Waals surface area (Å²) >= 11 is 1.28. The Hall–Kier alpha value is -2.86. The van der Waals surface area contributed by atoms with Crippen LogP contribution in [-0.4, -0.2) is 26.2 Å². The SMILES string of the molecule is Cc1[nH]c2ccccc2c1C(=O)[C@@H](C)Sc1nnc(-c2ccccc2)o1. The third-order valence-electron chi connectivity index (χ3n) is 4.21. The Morgan fingerprint density at radius 2 is 1.81 bits per heavy atom. The van der Waals surface area contributed by atoms with Crippen LogP contribution >= 0.6 is 11.8 Å². The summed E-state index contributed by atoms with van der Waals surface area (Å²) < 4.78 is 5.71. The molecule has 0 unspecified atom stereocenters. The molecule has 0 spiro atoms. The van der Waals surface area contributed by atoms with Crippen molar-refractivity contribution in [1.82, 2.24) is 15.2 Å². The number of hydrogen-bond donors (Lipinski definition) is 1. The summed E-state index contributed by atoms with van der Waals surface area (Å²) in [5, 5.41) is 9.14. The Bertz CT molecular complexity index is 1070. The minimum Gasteiger partial charge on any atom is -0.411 e. The fourth-order valence-electron chi connectivity index (χ4n) is 2.96. The first-order chi connectivity index (χ1) is 12.6. The van der Waals surface area contributed by atoms with E-state index in [1.54, 1.807) is 0 Å². The molecule has 26 heavy (non-hydrogen) atoms. The molecule has 0 amide bonds. The zero-order valence-corrected chi connectivity index (χ0v) is 15.2. The molecule has 0 saturated heterocycles. The van der Waals surface area contributed by atoms with Crippen molar-refractivity contribution < 1.29 is 9.21 Å². The molecule has 4 rings (SSSR count). The summed E-state index contributed by atoms with van der Waals surface area (Å²) in [6, 6.07) is 17.4. The smallest absolute Gasteiger partial charge is 0.277 e. The van der Waals surface area contributed by atoms with Gasteiger partial charge in [0.1, 0.15) is 0 Å². The largest absolute Gasteiger partial charge is 0.411 e. The van der Waals surface area contributed by atoms with Gasteiger partial charge in [-0.3, -0.25) is 4.79 Å². The standard InChI is InChI=1S/C20H17N3O2S/c1-12-17(15-10-6-7-11-16(15)21-12)18(24)13(2)26-20-23-22-19(25-20)14-8-4-3-5-9-14/h3-11,13,21H,1-2H3/t13-/m1/s1. The predicted octanol–water partition coefficient (Wildman–Crippen LogP) is 4.89. The van der Waals surface area contributed by atoms with Gasteiger partial charge in [-0.05, 0) is 32.0 Å². The van der Waals surface area contributed by atoms with Crippen LogP contribution in [0.1, 0.15) is 23.0 Å². The number of aryl methyl sites for hydroxylation is 1. The second-order valence-corrected chi connectivity index (χ2v) is 7.33. The van der Waals surface area contributed by atoms with Gasteiger partial charge in [-0.1, -0.05) is 48.2 Å². The Labute approximate surface area is 154 Å². The molecule has 2 aromatic heterocycles. The van der Waals surface area contributed by atoms with Gasteiger partial charge in [-0.25, -0.2) is 0 Å². The number of Topliss-reactive ketones (excluding diaryl/α,β-unsaturated/α-hetero) is 1. The third kappa shape index (κ3) is 3.04. The van der Waals surface area contributed by atoms with E-state index in [1.807, 2.05) is 68.4 Å². The number of H-pyrrole nitrogens is 1. The van der Waals surface area contributed by atoms with Crippen LogP contribution in [0.25, 0.3) is 22.4 Å². The lowest BCUT2D eigenvalue weighted by molar-refractivity contribution is 0.0994. The van der Waals surface area contributed by atoms with Gasteiger partial charge in [0.25, 0.3) is 5.22 Å². The van der Waals surface area contributed by atoms with Crippen LogP contribution in [0.2, 0.25) is 0 Å². The Morgan fingerprint density at radius 3 is 2.62 bits per heavy atom. The van der Waals surface area contributed by atoms with Crippen molar-refractivity contribution in [2.75, 3.05) is 0 Å². The highest BCUT2D eigenvalue weighted by molar-refractivity contribution is 8.00.